The van der Waals surface area contributed by atoms with Crippen LogP contribution in [0.25, 0.3) is 0 Å². The van der Waals surface area contributed by atoms with E-state index in [1.807, 2.05) is 0 Å². The first-order valence-electron chi connectivity index (χ1n) is 7.52. The molecule has 1 unspecified atom stereocenters. The molecule has 3 heteroatoms. The number of nitrogens with zero attached hydrogens (tertiary/aromatic N) is 1. The molecule has 0 aromatic rings. The minimum absolute atomic E-state index is 0.266. The molecule has 0 spiro atoms. The molecule has 0 aromatic carbocycles. The summed E-state index contributed by atoms with van der Waals surface area (Å²) in [6, 6.07) is 0.551. The van der Waals surface area contributed by atoms with Crippen LogP contribution in [0.15, 0.2) is 0 Å². The molecule has 0 radical (unpaired) electrons. The Balaban J connectivity index is 4.21. The first-order chi connectivity index (χ1) is 8.45. The topological polar surface area (TPSA) is 35.5 Å². The van der Waals surface area contributed by atoms with Gasteiger partial charge in [0.1, 0.15) is 0 Å². The van der Waals surface area contributed by atoms with Gasteiger partial charge in [0.2, 0.25) is 0 Å². The molecule has 110 valence electrons. The van der Waals surface area contributed by atoms with Gasteiger partial charge in [0.05, 0.1) is 6.61 Å². The van der Waals surface area contributed by atoms with Crippen LogP contribution in [0.1, 0.15) is 53.9 Å². The molecule has 0 saturated heterocycles. The molecule has 3 nitrogen and oxygen atoms in total. The van der Waals surface area contributed by atoms with Crippen LogP contribution >= 0.6 is 0 Å². The molecule has 18 heavy (non-hydrogen) atoms. The summed E-state index contributed by atoms with van der Waals surface area (Å²) in [5.41, 5.74) is 0.298. The van der Waals surface area contributed by atoms with Crippen molar-refractivity contribution in [3.05, 3.63) is 0 Å². The predicted molar refractivity (Wildman–Crippen MR) is 80.0 cm³/mol. The second kappa shape index (κ2) is 9.76. The van der Waals surface area contributed by atoms with Crippen LogP contribution < -0.4 is 5.32 Å². The molecule has 0 saturated carbocycles. The van der Waals surface area contributed by atoms with E-state index in [0.29, 0.717) is 11.5 Å². The largest absolute Gasteiger partial charge is 0.395 e. The highest BCUT2D eigenvalue weighted by atomic mass is 16.3. The molecule has 0 aliphatic rings. The average molecular weight is 258 g/mol. The van der Waals surface area contributed by atoms with Crippen LogP contribution in [0, 0.1) is 5.41 Å². The number of hydrogen-bond acceptors (Lipinski definition) is 3. The maximum absolute atomic E-state index is 9.07. The summed E-state index contributed by atoms with van der Waals surface area (Å²) >= 11 is 0. The van der Waals surface area contributed by atoms with Crippen LogP contribution in [-0.4, -0.2) is 48.8 Å². The molecular weight excluding hydrogens is 224 g/mol. The molecule has 0 aliphatic carbocycles. The fourth-order valence-electron chi connectivity index (χ4n) is 2.26. The van der Waals surface area contributed by atoms with Gasteiger partial charge >= 0.3 is 0 Å². The molecule has 2 N–H and O–H groups in total. The van der Waals surface area contributed by atoms with Crippen molar-refractivity contribution in [2.24, 2.45) is 5.41 Å². The molecule has 0 bridgehead atoms. The lowest BCUT2D eigenvalue weighted by atomic mass is 9.84. The van der Waals surface area contributed by atoms with Crippen LogP contribution in [0.2, 0.25) is 0 Å². The van der Waals surface area contributed by atoms with Gasteiger partial charge in [-0.2, -0.15) is 0 Å². The van der Waals surface area contributed by atoms with Gasteiger partial charge in [-0.15, -0.1) is 0 Å². The summed E-state index contributed by atoms with van der Waals surface area (Å²) in [7, 11) is 0. The van der Waals surface area contributed by atoms with E-state index in [0.717, 1.165) is 39.0 Å². The maximum atomic E-state index is 9.07. The zero-order valence-corrected chi connectivity index (χ0v) is 13.1. The van der Waals surface area contributed by atoms with Crippen molar-refractivity contribution in [2.75, 3.05) is 32.8 Å². The lowest BCUT2D eigenvalue weighted by Gasteiger charge is -2.33. The third-order valence-corrected chi connectivity index (χ3v) is 3.38. The Morgan fingerprint density at radius 1 is 1.06 bits per heavy atom. The fourth-order valence-corrected chi connectivity index (χ4v) is 2.26. The monoisotopic (exact) mass is 258 g/mol. The van der Waals surface area contributed by atoms with E-state index in [-0.39, 0.29) is 6.61 Å². The second-order valence-corrected chi connectivity index (χ2v) is 6.23. The average Bonchev–Trinajstić information content (AvgIpc) is 2.27. The highest BCUT2D eigenvalue weighted by Gasteiger charge is 2.24. The van der Waals surface area contributed by atoms with E-state index in [4.69, 9.17) is 5.11 Å². The van der Waals surface area contributed by atoms with Crippen molar-refractivity contribution < 1.29 is 5.11 Å². The number of aliphatic hydroxyl groups excluding tert-OH is 1. The van der Waals surface area contributed by atoms with E-state index >= 15 is 0 Å². The van der Waals surface area contributed by atoms with E-state index in [1.165, 1.54) is 6.42 Å². The standard InChI is InChI=1S/C15H34N2O/c1-6-9-16-14(15(3,4)5)8-11-17(10-7-2)12-13-18/h14,16,18H,6-13H2,1-5H3. The van der Waals surface area contributed by atoms with Crippen LogP contribution in [0.3, 0.4) is 0 Å². The number of aliphatic hydroxyl groups is 1. The Labute approximate surface area is 114 Å². The maximum Gasteiger partial charge on any atom is 0.0558 e. The first kappa shape index (κ1) is 17.9. The Morgan fingerprint density at radius 3 is 2.17 bits per heavy atom. The predicted octanol–water partition coefficient (Wildman–Crippen LogP) is 2.50. The molecule has 0 aliphatic heterocycles. The van der Waals surface area contributed by atoms with Gasteiger partial charge in [0.25, 0.3) is 0 Å². The van der Waals surface area contributed by atoms with Gasteiger partial charge in [0, 0.05) is 12.6 Å². The van der Waals surface area contributed by atoms with Crippen molar-refractivity contribution in [2.45, 2.75) is 59.9 Å². The summed E-state index contributed by atoms with van der Waals surface area (Å²) in [6.07, 6.45) is 3.49. The molecule has 0 heterocycles. The lowest BCUT2D eigenvalue weighted by molar-refractivity contribution is 0.171. The van der Waals surface area contributed by atoms with E-state index < -0.39 is 0 Å². The third-order valence-electron chi connectivity index (χ3n) is 3.38. The zero-order valence-electron chi connectivity index (χ0n) is 13.1. The van der Waals surface area contributed by atoms with Gasteiger partial charge in [-0.3, -0.25) is 0 Å². The van der Waals surface area contributed by atoms with Gasteiger partial charge in [-0.05, 0) is 44.3 Å². The van der Waals surface area contributed by atoms with Gasteiger partial charge in [-0.25, -0.2) is 0 Å². The van der Waals surface area contributed by atoms with Crippen molar-refractivity contribution in [3.63, 3.8) is 0 Å². The third kappa shape index (κ3) is 8.06. The van der Waals surface area contributed by atoms with E-state index in [2.05, 4.69) is 44.8 Å². The van der Waals surface area contributed by atoms with Crippen molar-refractivity contribution in [3.8, 4) is 0 Å². The number of rotatable bonds is 10. The normalized spacial score (nSPS) is 14.2. The molecule has 0 fully saturated rings. The second-order valence-electron chi connectivity index (χ2n) is 6.23. The highest BCUT2D eigenvalue weighted by Crippen LogP contribution is 2.22. The summed E-state index contributed by atoms with van der Waals surface area (Å²) < 4.78 is 0. The Morgan fingerprint density at radius 2 is 1.72 bits per heavy atom. The Bertz CT molecular complexity index is 183. The van der Waals surface area contributed by atoms with Gasteiger partial charge in [-0.1, -0.05) is 34.6 Å². The first-order valence-corrected chi connectivity index (χ1v) is 7.52. The highest BCUT2D eigenvalue weighted by molar-refractivity contribution is 4.81. The molecule has 0 amide bonds. The quantitative estimate of drug-likeness (QED) is 0.632. The lowest BCUT2D eigenvalue weighted by Crippen LogP contribution is -2.43. The SMILES string of the molecule is CCCNC(CCN(CCC)CCO)C(C)(C)C. The summed E-state index contributed by atoms with van der Waals surface area (Å²) in [5, 5.41) is 12.7. The van der Waals surface area contributed by atoms with Crippen LogP contribution in [-0.2, 0) is 0 Å². The van der Waals surface area contributed by atoms with Gasteiger partial charge < -0.3 is 15.3 Å². The van der Waals surface area contributed by atoms with Crippen LogP contribution in [0.5, 0.6) is 0 Å². The molecule has 0 aromatic heterocycles. The fraction of sp³-hybridized carbons (Fsp3) is 1.00. The molecule has 0 rings (SSSR count). The van der Waals surface area contributed by atoms with Crippen molar-refractivity contribution in [1.29, 1.82) is 0 Å². The molecular formula is C15H34N2O. The minimum Gasteiger partial charge on any atom is -0.395 e. The smallest absolute Gasteiger partial charge is 0.0558 e. The molecule has 1 atom stereocenters. The summed E-state index contributed by atoms with van der Waals surface area (Å²) in [4.78, 5) is 2.37. The van der Waals surface area contributed by atoms with E-state index in [1.54, 1.807) is 0 Å². The van der Waals surface area contributed by atoms with Gasteiger partial charge in [0.15, 0.2) is 0 Å². The zero-order chi connectivity index (χ0) is 14.0. The Hall–Kier alpha value is -0.120. The minimum atomic E-state index is 0.266. The van der Waals surface area contributed by atoms with Crippen LogP contribution in [0.4, 0.5) is 0 Å². The number of hydrogen-bond donors (Lipinski definition) is 2. The Kier molecular flexibility index (Phi) is 9.70. The number of nitrogens with one attached hydrogen (secondary N) is 1. The summed E-state index contributed by atoms with van der Waals surface area (Å²) in [5.74, 6) is 0. The van der Waals surface area contributed by atoms with E-state index in [9.17, 15) is 0 Å². The van der Waals surface area contributed by atoms with Crippen molar-refractivity contribution in [1.82, 2.24) is 10.2 Å². The summed E-state index contributed by atoms with van der Waals surface area (Å²) in [6.45, 7) is 15.6. The van der Waals surface area contributed by atoms with Crippen molar-refractivity contribution >= 4 is 0 Å².